The second-order valence-electron chi connectivity index (χ2n) is 2.55. The summed E-state index contributed by atoms with van der Waals surface area (Å²) in [6.07, 6.45) is 0. The van der Waals surface area contributed by atoms with Gasteiger partial charge in [-0.25, -0.2) is 0 Å². The van der Waals surface area contributed by atoms with E-state index in [9.17, 15) is 0 Å². The lowest BCUT2D eigenvalue weighted by Gasteiger charge is -2.04. The van der Waals surface area contributed by atoms with E-state index in [0.717, 1.165) is 16.5 Å². The Morgan fingerprint density at radius 1 is 1.42 bits per heavy atom. The predicted octanol–water partition coefficient (Wildman–Crippen LogP) is 3.73. The van der Waals surface area contributed by atoms with E-state index in [1.807, 2.05) is 19.1 Å². The van der Waals surface area contributed by atoms with Crippen LogP contribution in [-0.2, 0) is 0 Å². The molecular formula is C9H12ClNS. The molecule has 0 aliphatic heterocycles. The Kier molecular flexibility index (Phi) is 3.76. The Labute approximate surface area is 82.6 Å². The first-order valence-electron chi connectivity index (χ1n) is 3.87. The third-order valence-electron chi connectivity index (χ3n) is 1.38. The van der Waals surface area contributed by atoms with Gasteiger partial charge in [-0.15, -0.1) is 0 Å². The monoisotopic (exact) mass is 201 g/mol. The molecule has 0 saturated heterocycles. The highest BCUT2D eigenvalue weighted by Gasteiger charge is 1.94. The molecule has 0 heterocycles. The van der Waals surface area contributed by atoms with Gasteiger partial charge in [0, 0.05) is 16.5 Å². The van der Waals surface area contributed by atoms with E-state index in [0.29, 0.717) is 0 Å². The number of hydrogen-bond acceptors (Lipinski definition) is 2. The lowest BCUT2D eigenvalue weighted by Crippen LogP contribution is -1.87. The van der Waals surface area contributed by atoms with Crippen molar-refractivity contribution in [2.75, 3.05) is 10.5 Å². The first-order chi connectivity index (χ1) is 5.72. The van der Waals surface area contributed by atoms with Gasteiger partial charge in [-0.1, -0.05) is 30.5 Å². The van der Waals surface area contributed by atoms with Gasteiger partial charge in [0.25, 0.3) is 0 Å². The van der Waals surface area contributed by atoms with Gasteiger partial charge in [0.1, 0.15) is 0 Å². The molecule has 66 valence electrons. The molecule has 1 N–H and O–H groups in total. The zero-order valence-corrected chi connectivity index (χ0v) is 8.80. The molecule has 3 heteroatoms. The van der Waals surface area contributed by atoms with Crippen LogP contribution < -0.4 is 4.72 Å². The molecule has 0 aromatic heterocycles. The first-order valence-corrected chi connectivity index (χ1v) is 5.23. The zero-order chi connectivity index (χ0) is 8.97. The normalized spacial score (nSPS) is 9.92. The number of rotatable bonds is 3. The third kappa shape index (κ3) is 2.95. The number of nitrogens with one attached hydrogen (secondary N) is 1. The molecule has 12 heavy (non-hydrogen) atoms. The van der Waals surface area contributed by atoms with Gasteiger partial charge < -0.3 is 4.72 Å². The summed E-state index contributed by atoms with van der Waals surface area (Å²) in [5.41, 5.74) is 2.26. The van der Waals surface area contributed by atoms with Crippen molar-refractivity contribution in [1.29, 1.82) is 0 Å². The molecule has 0 amide bonds. The third-order valence-corrected chi connectivity index (χ3v) is 2.26. The summed E-state index contributed by atoms with van der Waals surface area (Å²) in [6, 6.07) is 5.95. The Balaban J connectivity index is 2.72. The van der Waals surface area contributed by atoms with Crippen molar-refractivity contribution in [3.63, 3.8) is 0 Å². The van der Waals surface area contributed by atoms with Crippen molar-refractivity contribution in [3.05, 3.63) is 28.8 Å². The molecule has 0 radical (unpaired) electrons. The smallest absolute Gasteiger partial charge is 0.0457 e. The minimum atomic E-state index is 0.786. The van der Waals surface area contributed by atoms with Crippen LogP contribution in [0.4, 0.5) is 5.69 Å². The molecule has 1 aromatic carbocycles. The molecule has 0 saturated carbocycles. The van der Waals surface area contributed by atoms with Gasteiger partial charge in [0.05, 0.1) is 0 Å². The van der Waals surface area contributed by atoms with Crippen molar-refractivity contribution in [2.24, 2.45) is 0 Å². The van der Waals surface area contributed by atoms with Crippen LogP contribution in [0, 0.1) is 6.92 Å². The molecule has 1 aromatic rings. The first kappa shape index (κ1) is 9.75. The molecule has 0 spiro atoms. The van der Waals surface area contributed by atoms with Crippen molar-refractivity contribution in [3.8, 4) is 0 Å². The van der Waals surface area contributed by atoms with Crippen molar-refractivity contribution in [2.45, 2.75) is 13.8 Å². The largest absolute Gasteiger partial charge is 0.330 e. The molecule has 0 bridgehead atoms. The van der Waals surface area contributed by atoms with Crippen LogP contribution in [0.25, 0.3) is 0 Å². The van der Waals surface area contributed by atoms with E-state index < -0.39 is 0 Å². The van der Waals surface area contributed by atoms with Gasteiger partial charge in [-0.2, -0.15) is 0 Å². The summed E-state index contributed by atoms with van der Waals surface area (Å²) in [5.74, 6) is 1.05. The highest BCUT2D eigenvalue weighted by atomic mass is 35.5. The zero-order valence-electron chi connectivity index (χ0n) is 7.23. The maximum absolute atomic E-state index is 5.88. The maximum atomic E-state index is 5.88. The fourth-order valence-electron chi connectivity index (χ4n) is 0.951. The predicted molar refractivity (Wildman–Crippen MR) is 57.9 cm³/mol. The highest BCUT2D eigenvalue weighted by Crippen LogP contribution is 2.20. The second kappa shape index (κ2) is 4.63. The minimum absolute atomic E-state index is 0.786. The summed E-state index contributed by atoms with van der Waals surface area (Å²) >= 11 is 7.55. The van der Waals surface area contributed by atoms with Crippen LogP contribution >= 0.6 is 23.5 Å². The summed E-state index contributed by atoms with van der Waals surface area (Å²) in [4.78, 5) is 0. The fourth-order valence-corrected chi connectivity index (χ4v) is 1.67. The standard InChI is InChI=1S/C9H12ClNS/c1-3-12-11-9-5-7(2)4-8(10)6-9/h4-6,11H,3H2,1-2H3. The topological polar surface area (TPSA) is 12.0 Å². The van der Waals surface area contributed by atoms with Crippen LogP contribution in [0.1, 0.15) is 12.5 Å². The maximum Gasteiger partial charge on any atom is 0.0457 e. The lowest BCUT2D eigenvalue weighted by atomic mass is 10.2. The Hall–Kier alpha value is -0.340. The Morgan fingerprint density at radius 3 is 2.75 bits per heavy atom. The fraction of sp³-hybridized carbons (Fsp3) is 0.333. The van der Waals surface area contributed by atoms with Crippen LogP contribution in [0.5, 0.6) is 0 Å². The highest BCUT2D eigenvalue weighted by molar-refractivity contribution is 8.00. The number of hydrogen-bond donors (Lipinski definition) is 1. The van der Waals surface area contributed by atoms with Crippen molar-refractivity contribution in [1.82, 2.24) is 0 Å². The summed E-state index contributed by atoms with van der Waals surface area (Å²) in [6.45, 7) is 4.14. The van der Waals surface area contributed by atoms with E-state index >= 15 is 0 Å². The van der Waals surface area contributed by atoms with Crippen molar-refractivity contribution >= 4 is 29.2 Å². The lowest BCUT2D eigenvalue weighted by molar-refractivity contribution is 1.47. The van der Waals surface area contributed by atoms with Crippen LogP contribution in [0.15, 0.2) is 18.2 Å². The molecule has 0 fully saturated rings. The molecule has 0 aliphatic carbocycles. The van der Waals surface area contributed by atoms with Gasteiger partial charge in [-0.3, -0.25) is 0 Å². The average molecular weight is 202 g/mol. The molecule has 0 atom stereocenters. The summed E-state index contributed by atoms with van der Waals surface area (Å²) in [7, 11) is 0. The number of anilines is 1. The van der Waals surface area contributed by atoms with E-state index in [1.54, 1.807) is 11.9 Å². The molecule has 0 aliphatic rings. The molecule has 1 rings (SSSR count). The SMILES string of the molecule is CCSNc1cc(C)cc(Cl)c1. The summed E-state index contributed by atoms with van der Waals surface area (Å²) < 4.78 is 3.21. The average Bonchev–Trinajstić information content (AvgIpc) is 1.99. The number of benzene rings is 1. The number of aryl methyl sites for hydroxylation is 1. The Morgan fingerprint density at radius 2 is 2.17 bits per heavy atom. The quantitative estimate of drug-likeness (QED) is 0.748. The van der Waals surface area contributed by atoms with Gasteiger partial charge in [0.15, 0.2) is 0 Å². The summed E-state index contributed by atoms with van der Waals surface area (Å²) in [5, 5.41) is 0.786. The van der Waals surface area contributed by atoms with Gasteiger partial charge in [-0.05, 0) is 30.7 Å². The number of halogens is 1. The van der Waals surface area contributed by atoms with Crippen molar-refractivity contribution < 1.29 is 0 Å². The minimum Gasteiger partial charge on any atom is -0.330 e. The molecule has 0 unspecified atom stereocenters. The second-order valence-corrected chi connectivity index (χ2v) is 4.06. The molecular weight excluding hydrogens is 190 g/mol. The van der Waals surface area contributed by atoms with E-state index in [-0.39, 0.29) is 0 Å². The van der Waals surface area contributed by atoms with Crippen LogP contribution in [0.2, 0.25) is 5.02 Å². The van der Waals surface area contributed by atoms with E-state index in [4.69, 9.17) is 11.6 Å². The van der Waals surface area contributed by atoms with E-state index in [2.05, 4.69) is 17.7 Å². The van der Waals surface area contributed by atoms with Crippen LogP contribution in [0.3, 0.4) is 0 Å². The van der Waals surface area contributed by atoms with Crippen LogP contribution in [-0.4, -0.2) is 5.75 Å². The Bertz CT molecular complexity index is 242. The van der Waals surface area contributed by atoms with Gasteiger partial charge in [0.2, 0.25) is 0 Å². The van der Waals surface area contributed by atoms with Gasteiger partial charge >= 0.3 is 0 Å². The van der Waals surface area contributed by atoms with E-state index in [1.165, 1.54) is 5.56 Å². The molecule has 1 nitrogen and oxygen atoms in total.